The van der Waals surface area contributed by atoms with Crippen LogP contribution < -0.4 is 0 Å². The lowest BCUT2D eigenvalue weighted by molar-refractivity contribution is -0.161. The zero-order valence-electron chi connectivity index (χ0n) is 66.9. The van der Waals surface area contributed by atoms with E-state index in [4.69, 9.17) is 37.0 Å². The van der Waals surface area contributed by atoms with Crippen molar-refractivity contribution in [1.82, 2.24) is 0 Å². The highest BCUT2D eigenvalue weighted by molar-refractivity contribution is 7.47. The fourth-order valence-electron chi connectivity index (χ4n) is 12.5. The lowest BCUT2D eigenvalue weighted by Gasteiger charge is -2.21. The van der Waals surface area contributed by atoms with Gasteiger partial charge in [0, 0.05) is 25.7 Å². The Hall–Kier alpha value is -2.46. The van der Waals surface area contributed by atoms with E-state index < -0.39 is 97.5 Å². The highest BCUT2D eigenvalue weighted by atomic mass is 31.2. The van der Waals surface area contributed by atoms with Crippen LogP contribution in [-0.2, 0) is 65.4 Å². The van der Waals surface area contributed by atoms with E-state index in [-0.39, 0.29) is 25.7 Å². The Morgan fingerprint density at radius 3 is 0.825 bits per heavy atom. The molecule has 0 aromatic heterocycles. The maximum Gasteiger partial charge on any atom is 0.472 e. The summed E-state index contributed by atoms with van der Waals surface area (Å²) in [5, 5.41) is 10.7. The van der Waals surface area contributed by atoms with E-state index in [0.717, 1.165) is 109 Å². The van der Waals surface area contributed by atoms with Crippen LogP contribution in [0.15, 0.2) is 24.3 Å². The average Bonchev–Trinajstić information content (AvgIpc) is 0.909. The summed E-state index contributed by atoms with van der Waals surface area (Å²) in [5.74, 6) is -1.29. The summed E-state index contributed by atoms with van der Waals surface area (Å²) in [4.78, 5) is 73.1. The summed E-state index contributed by atoms with van der Waals surface area (Å²) >= 11 is 0. The molecule has 103 heavy (non-hydrogen) atoms. The molecule has 0 heterocycles. The largest absolute Gasteiger partial charge is 0.472 e. The molecule has 19 heteroatoms. The molecule has 0 aromatic carbocycles. The van der Waals surface area contributed by atoms with Crippen LogP contribution >= 0.6 is 15.6 Å². The minimum absolute atomic E-state index is 0.0856. The van der Waals surface area contributed by atoms with Gasteiger partial charge in [0.15, 0.2) is 12.2 Å². The number of phosphoric acid groups is 2. The van der Waals surface area contributed by atoms with Gasteiger partial charge >= 0.3 is 39.5 Å². The van der Waals surface area contributed by atoms with Gasteiger partial charge in [-0.05, 0) is 57.3 Å². The third kappa shape index (κ3) is 76.1. The molecule has 3 unspecified atom stereocenters. The van der Waals surface area contributed by atoms with Gasteiger partial charge in [-0.25, -0.2) is 9.13 Å². The predicted octanol–water partition coefficient (Wildman–Crippen LogP) is 25.1. The van der Waals surface area contributed by atoms with Crippen molar-refractivity contribution in [3.8, 4) is 0 Å². The summed E-state index contributed by atoms with van der Waals surface area (Å²) in [6.07, 6.45) is 71.5. The fourth-order valence-corrected chi connectivity index (χ4v) is 14.1. The first kappa shape index (κ1) is 101. The van der Waals surface area contributed by atoms with Crippen LogP contribution in [0.5, 0.6) is 0 Å². The van der Waals surface area contributed by atoms with Crippen molar-refractivity contribution in [2.75, 3.05) is 39.6 Å². The van der Waals surface area contributed by atoms with Crippen molar-refractivity contribution in [3.05, 3.63) is 24.3 Å². The number of phosphoric ester groups is 2. The Morgan fingerprint density at radius 1 is 0.311 bits per heavy atom. The third-order valence-corrected chi connectivity index (χ3v) is 21.4. The van der Waals surface area contributed by atoms with Crippen LogP contribution in [-0.4, -0.2) is 96.7 Å². The van der Waals surface area contributed by atoms with E-state index in [1.165, 1.54) is 238 Å². The van der Waals surface area contributed by atoms with Crippen molar-refractivity contribution in [2.24, 2.45) is 5.92 Å². The number of allylic oxidation sites excluding steroid dienone is 4. The lowest BCUT2D eigenvalue weighted by atomic mass is 9.99. The number of carbonyl (C=O) groups is 4. The van der Waals surface area contributed by atoms with Gasteiger partial charge in [0.25, 0.3) is 0 Å². The van der Waals surface area contributed by atoms with Crippen LogP contribution in [0, 0.1) is 5.92 Å². The molecule has 0 saturated heterocycles. The molecule has 0 spiro atoms. The highest BCUT2D eigenvalue weighted by Gasteiger charge is 2.30. The summed E-state index contributed by atoms with van der Waals surface area (Å²) < 4.78 is 68.8. The van der Waals surface area contributed by atoms with Crippen LogP contribution in [0.3, 0.4) is 0 Å². The normalized spacial score (nSPS) is 14.2. The first-order valence-electron chi connectivity index (χ1n) is 43.0. The molecule has 0 saturated carbocycles. The van der Waals surface area contributed by atoms with Crippen LogP contribution in [0.2, 0.25) is 0 Å². The van der Waals surface area contributed by atoms with Gasteiger partial charge in [-0.15, -0.1) is 0 Å². The summed E-state index contributed by atoms with van der Waals surface area (Å²) in [6, 6.07) is 0. The Balaban J connectivity index is 5.26. The molecule has 0 radical (unpaired) electrons. The molecule has 608 valence electrons. The maximum atomic E-state index is 13.1. The smallest absolute Gasteiger partial charge is 0.462 e. The molecule has 0 amide bonds. The number of rotatable bonds is 82. The highest BCUT2D eigenvalue weighted by Crippen LogP contribution is 2.45. The Morgan fingerprint density at radius 2 is 0.544 bits per heavy atom. The molecule has 6 atom stereocenters. The van der Waals surface area contributed by atoms with Gasteiger partial charge in [0.1, 0.15) is 19.3 Å². The lowest BCUT2D eigenvalue weighted by Crippen LogP contribution is -2.30. The van der Waals surface area contributed by atoms with E-state index >= 15 is 0 Å². The predicted molar refractivity (Wildman–Crippen MR) is 423 cm³/mol. The van der Waals surface area contributed by atoms with Gasteiger partial charge in [-0.3, -0.25) is 37.3 Å². The zero-order valence-corrected chi connectivity index (χ0v) is 68.7. The van der Waals surface area contributed by atoms with Crippen molar-refractivity contribution < 1.29 is 80.2 Å². The van der Waals surface area contributed by atoms with Gasteiger partial charge < -0.3 is 33.8 Å². The molecule has 17 nitrogen and oxygen atoms in total. The molecule has 3 N–H and O–H groups in total. The average molecular weight is 1500 g/mol. The molecule has 0 aromatic rings. The number of hydrogen-bond donors (Lipinski definition) is 3. The van der Waals surface area contributed by atoms with Crippen LogP contribution in [0.4, 0.5) is 0 Å². The van der Waals surface area contributed by atoms with E-state index in [1.54, 1.807) is 0 Å². The molecular weight excluding hydrogens is 1340 g/mol. The molecule has 0 rings (SSSR count). The van der Waals surface area contributed by atoms with Crippen molar-refractivity contribution in [2.45, 2.75) is 445 Å². The molecule has 0 fully saturated rings. The first-order chi connectivity index (χ1) is 50.1. The third-order valence-electron chi connectivity index (χ3n) is 19.5. The van der Waals surface area contributed by atoms with Gasteiger partial charge in [0.2, 0.25) is 0 Å². The molecule has 0 aliphatic rings. The topological polar surface area (TPSA) is 237 Å². The maximum absolute atomic E-state index is 13.1. The second kappa shape index (κ2) is 76.3. The number of aliphatic hydroxyl groups is 1. The van der Waals surface area contributed by atoms with Gasteiger partial charge in [-0.1, -0.05) is 374 Å². The minimum atomic E-state index is -4.97. The Bertz CT molecular complexity index is 2060. The van der Waals surface area contributed by atoms with Gasteiger partial charge in [0.05, 0.1) is 26.4 Å². The Labute approximate surface area is 631 Å². The van der Waals surface area contributed by atoms with Crippen LogP contribution in [0.1, 0.15) is 426 Å². The van der Waals surface area contributed by atoms with Crippen molar-refractivity contribution in [1.29, 1.82) is 0 Å². The number of unbranched alkanes of at least 4 members (excludes halogenated alkanes) is 50. The molecule has 0 aliphatic heterocycles. The molecule has 0 bridgehead atoms. The SMILES string of the molecule is CCCCCC/C=C\C=C/CCCCCCCC(=O)O[C@H](COC(=O)CCCCCCCCCCCC)COP(=O)(O)OC[C@H](O)COP(=O)(O)OC[C@@H](COC(=O)CCCCCCCCCCCCCCCCC(C)CC)OC(=O)CCCCCCCCCCCCCCCCCCCCCC. The minimum Gasteiger partial charge on any atom is -0.462 e. The summed E-state index contributed by atoms with van der Waals surface area (Å²) in [5.41, 5.74) is 0. The van der Waals surface area contributed by atoms with E-state index in [0.29, 0.717) is 25.7 Å². The standard InChI is InChI=1S/C84H160O17P2/c1-6-10-13-16-19-22-25-27-29-30-31-32-33-35-41-45-50-55-60-65-70-84(89)101-80(74-95-82(87)68-63-58-53-48-43-39-37-36-38-42-46-51-56-61-66-77(5)9-4)76-99-103(92,93)97-72-78(85)71-96-102(90,91)98-75-79(73-94-81(86)67-62-57-52-47-24-21-18-15-12-8-3)100-83(88)69-64-59-54-49-44-40-34-28-26-23-20-17-14-11-7-2/h23,26,28,34,77-80,85H,6-22,24-25,27,29-33,35-76H2,1-5H3,(H,90,91)(H,92,93)/b26-23-,34-28-/t77?,78-,79+,80+/m0/s1. The van der Waals surface area contributed by atoms with E-state index in [1.807, 2.05) is 0 Å². The zero-order chi connectivity index (χ0) is 75.5. The first-order valence-corrected chi connectivity index (χ1v) is 46.0. The number of carbonyl (C=O) groups excluding carboxylic acids is 4. The molecule has 0 aliphatic carbocycles. The monoisotopic (exact) mass is 1500 g/mol. The number of esters is 4. The number of hydrogen-bond acceptors (Lipinski definition) is 15. The van der Waals surface area contributed by atoms with Crippen LogP contribution in [0.25, 0.3) is 0 Å². The summed E-state index contributed by atoms with van der Waals surface area (Å²) in [7, 11) is -9.93. The van der Waals surface area contributed by atoms with E-state index in [2.05, 4.69) is 58.9 Å². The fraction of sp³-hybridized carbons (Fsp3) is 0.905. The second-order valence-electron chi connectivity index (χ2n) is 29.8. The van der Waals surface area contributed by atoms with E-state index in [9.17, 15) is 43.2 Å². The number of ether oxygens (including phenoxy) is 4. The van der Waals surface area contributed by atoms with Gasteiger partial charge in [-0.2, -0.15) is 0 Å². The molecular formula is C84H160O17P2. The summed E-state index contributed by atoms with van der Waals surface area (Å²) in [6.45, 7) is 7.33. The quantitative estimate of drug-likeness (QED) is 0.0169. The number of aliphatic hydroxyl groups excluding tert-OH is 1. The van der Waals surface area contributed by atoms with Crippen molar-refractivity contribution in [3.63, 3.8) is 0 Å². The Kier molecular flexibility index (Phi) is 74.5. The second-order valence-corrected chi connectivity index (χ2v) is 32.7. The van der Waals surface area contributed by atoms with Crippen molar-refractivity contribution >= 4 is 39.5 Å².